The van der Waals surface area contributed by atoms with Crippen LogP contribution in [0.5, 0.6) is 0 Å². The largest absolute Gasteiger partial charge is 0.388 e. The van der Waals surface area contributed by atoms with Crippen LogP contribution in [0.3, 0.4) is 0 Å². The molecule has 19 heavy (non-hydrogen) atoms. The van der Waals surface area contributed by atoms with Crippen molar-refractivity contribution in [2.24, 2.45) is 5.73 Å². The fourth-order valence-corrected chi connectivity index (χ4v) is 1.77. The van der Waals surface area contributed by atoms with Crippen molar-refractivity contribution in [3.05, 3.63) is 47.5 Å². The molecule has 0 aromatic carbocycles. The van der Waals surface area contributed by atoms with Crippen LogP contribution in [-0.4, -0.2) is 19.9 Å². The number of hydrogen-bond acceptors (Lipinski definition) is 5. The van der Waals surface area contributed by atoms with E-state index in [1.54, 1.807) is 12.3 Å². The number of aromatic nitrogens is 3. The lowest BCUT2D eigenvalue weighted by Crippen LogP contribution is -2.16. The molecule has 0 radical (unpaired) electrons. The van der Waals surface area contributed by atoms with Gasteiger partial charge >= 0.3 is 0 Å². The quantitative estimate of drug-likeness (QED) is 0.830. The summed E-state index contributed by atoms with van der Waals surface area (Å²) in [5, 5.41) is 3.22. The first-order valence-electron chi connectivity index (χ1n) is 5.88. The van der Waals surface area contributed by atoms with Crippen LogP contribution in [0.2, 0.25) is 0 Å². The Morgan fingerprint density at radius 1 is 1.42 bits per heavy atom. The first-order valence-corrected chi connectivity index (χ1v) is 6.29. The molecule has 0 fully saturated rings. The van der Waals surface area contributed by atoms with Gasteiger partial charge in [-0.15, -0.1) is 0 Å². The monoisotopic (exact) mass is 273 g/mol. The average Bonchev–Trinajstić information content (AvgIpc) is 2.39. The highest BCUT2D eigenvalue weighted by Crippen LogP contribution is 2.16. The lowest BCUT2D eigenvalue weighted by molar-refractivity contribution is 0.849. The van der Waals surface area contributed by atoms with Crippen molar-refractivity contribution in [3.8, 4) is 0 Å². The molecule has 98 valence electrons. The summed E-state index contributed by atoms with van der Waals surface area (Å²) < 4.78 is 0. The molecule has 6 heteroatoms. The van der Waals surface area contributed by atoms with Crippen LogP contribution in [0.25, 0.3) is 0 Å². The molecule has 2 heterocycles. The predicted molar refractivity (Wildman–Crippen MR) is 78.9 cm³/mol. The summed E-state index contributed by atoms with van der Waals surface area (Å²) in [6.45, 7) is 3.90. The summed E-state index contributed by atoms with van der Waals surface area (Å²) in [5.41, 5.74) is 8.05. The lowest BCUT2D eigenvalue weighted by atomic mass is 10.1. The fraction of sp³-hybridized carbons (Fsp3) is 0.231. The normalized spacial score (nSPS) is 11.9. The Kier molecular flexibility index (Phi) is 4.01. The van der Waals surface area contributed by atoms with Gasteiger partial charge in [-0.3, -0.25) is 4.98 Å². The highest BCUT2D eigenvalue weighted by atomic mass is 32.1. The topological polar surface area (TPSA) is 76.7 Å². The molecule has 2 aromatic rings. The van der Waals surface area contributed by atoms with E-state index in [0.717, 1.165) is 11.3 Å². The number of pyridine rings is 1. The van der Waals surface area contributed by atoms with Crippen molar-refractivity contribution >= 4 is 23.2 Å². The Balaban J connectivity index is 2.21. The van der Waals surface area contributed by atoms with Crippen LogP contribution < -0.4 is 11.1 Å². The third kappa shape index (κ3) is 3.45. The van der Waals surface area contributed by atoms with Gasteiger partial charge in [-0.2, -0.15) is 0 Å². The summed E-state index contributed by atoms with van der Waals surface area (Å²) in [7, 11) is 0. The summed E-state index contributed by atoms with van der Waals surface area (Å²) >= 11 is 4.94. The van der Waals surface area contributed by atoms with Gasteiger partial charge in [-0.05, 0) is 31.5 Å². The molecule has 0 saturated carbocycles. The van der Waals surface area contributed by atoms with E-state index < -0.39 is 0 Å². The van der Waals surface area contributed by atoms with Gasteiger partial charge in [-0.1, -0.05) is 18.3 Å². The smallest absolute Gasteiger partial charge is 0.224 e. The molecule has 1 unspecified atom stereocenters. The number of anilines is 1. The molecular formula is C13H15N5S. The Morgan fingerprint density at radius 2 is 2.21 bits per heavy atom. The fourth-order valence-electron chi connectivity index (χ4n) is 1.67. The van der Waals surface area contributed by atoms with E-state index in [1.165, 1.54) is 0 Å². The first-order chi connectivity index (χ1) is 9.06. The number of thiocarbonyl (C=S) groups is 1. The third-order valence-corrected chi connectivity index (χ3v) is 2.85. The third-order valence-electron chi connectivity index (χ3n) is 2.64. The minimum absolute atomic E-state index is 0.0506. The van der Waals surface area contributed by atoms with Crippen molar-refractivity contribution < 1.29 is 0 Å². The molecule has 0 amide bonds. The van der Waals surface area contributed by atoms with E-state index in [-0.39, 0.29) is 11.0 Å². The van der Waals surface area contributed by atoms with E-state index in [1.807, 2.05) is 32.2 Å². The van der Waals surface area contributed by atoms with Crippen LogP contribution in [0.1, 0.15) is 29.9 Å². The molecule has 2 rings (SSSR count). The van der Waals surface area contributed by atoms with Gasteiger partial charge in [0, 0.05) is 18.1 Å². The minimum atomic E-state index is 0.0506. The Morgan fingerprint density at radius 3 is 2.84 bits per heavy atom. The van der Waals surface area contributed by atoms with Gasteiger partial charge in [0.25, 0.3) is 0 Å². The first kappa shape index (κ1) is 13.4. The van der Waals surface area contributed by atoms with Crippen LogP contribution in [0.4, 0.5) is 5.95 Å². The molecule has 0 spiro atoms. The number of nitrogens with two attached hydrogens (primary N) is 1. The van der Waals surface area contributed by atoms with Gasteiger partial charge < -0.3 is 11.1 Å². The highest BCUT2D eigenvalue weighted by molar-refractivity contribution is 7.80. The molecule has 3 N–H and O–H groups in total. The molecule has 5 nitrogen and oxygen atoms in total. The maximum absolute atomic E-state index is 5.60. The number of rotatable bonds is 4. The van der Waals surface area contributed by atoms with E-state index in [4.69, 9.17) is 18.0 Å². The van der Waals surface area contributed by atoms with Gasteiger partial charge in [0.05, 0.1) is 6.04 Å². The molecule has 0 aliphatic carbocycles. The zero-order valence-electron chi connectivity index (χ0n) is 10.8. The van der Waals surface area contributed by atoms with Gasteiger partial charge in [0.2, 0.25) is 5.95 Å². The standard InChI is InChI=1S/C13H15N5S/c1-8-6-11(12(14)19)18-13(16-8)17-9(2)10-4-3-5-15-7-10/h3-7,9H,1-2H3,(H2,14,19)(H,16,17,18). The summed E-state index contributed by atoms with van der Waals surface area (Å²) in [5.74, 6) is 0.513. The number of nitrogens with one attached hydrogen (secondary N) is 1. The maximum Gasteiger partial charge on any atom is 0.224 e. The zero-order valence-corrected chi connectivity index (χ0v) is 11.6. The maximum atomic E-state index is 5.60. The molecule has 1 atom stereocenters. The SMILES string of the molecule is Cc1cc(C(N)=S)nc(NC(C)c2cccnc2)n1. The minimum Gasteiger partial charge on any atom is -0.388 e. The van der Waals surface area contributed by atoms with Crippen LogP contribution in [0, 0.1) is 6.92 Å². The second-order valence-electron chi connectivity index (χ2n) is 4.23. The molecule has 0 saturated heterocycles. The van der Waals surface area contributed by atoms with Crippen LogP contribution >= 0.6 is 12.2 Å². The average molecular weight is 273 g/mol. The van der Waals surface area contributed by atoms with E-state index in [9.17, 15) is 0 Å². The van der Waals surface area contributed by atoms with Crippen LogP contribution in [-0.2, 0) is 0 Å². The Labute approximate surface area is 117 Å². The Bertz CT molecular complexity index is 585. The van der Waals surface area contributed by atoms with Crippen molar-refractivity contribution in [2.45, 2.75) is 19.9 Å². The van der Waals surface area contributed by atoms with E-state index in [0.29, 0.717) is 11.6 Å². The van der Waals surface area contributed by atoms with Gasteiger partial charge in [-0.25, -0.2) is 9.97 Å². The van der Waals surface area contributed by atoms with Gasteiger partial charge in [0.1, 0.15) is 10.7 Å². The molecule has 0 bridgehead atoms. The molecule has 0 aliphatic heterocycles. The van der Waals surface area contributed by atoms with Crippen molar-refractivity contribution in [2.75, 3.05) is 5.32 Å². The van der Waals surface area contributed by atoms with Crippen LogP contribution in [0.15, 0.2) is 30.6 Å². The van der Waals surface area contributed by atoms with E-state index >= 15 is 0 Å². The number of nitrogens with zero attached hydrogens (tertiary/aromatic N) is 3. The lowest BCUT2D eigenvalue weighted by Gasteiger charge is -2.14. The van der Waals surface area contributed by atoms with Crippen molar-refractivity contribution in [1.29, 1.82) is 0 Å². The zero-order chi connectivity index (χ0) is 13.8. The summed E-state index contributed by atoms with van der Waals surface area (Å²) in [4.78, 5) is 13.0. The van der Waals surface area contributed by atoms with E-state index in [2.05, 4.69) is 20.3 Å². The predicted octanol–water partition coefficient (Wildman–Crippen LogP) is 1.99. The molecule has 0 aliphatic rings. The number of hydrogen-bond donors (Lipinski definition) is 2. The second kappa shape index (κ2) is 5.71. The summed E-state index contributed by atoms with van der Waals surface area (Å²) in [6.07, 6.45) is 3.55. The summed E-state index contributed by atoms with van der Waals surface area (Å²) in [6, 6.07) is 5.71. The van der Waals surface area contributed by atoms with Gasteiger partial charge in [0.15, 0.2) is 0 Å². The van der Waals surface area contributed by atoms with Crippen molar-refractivity contribution in [1.82, 2.24) is 15.0 Å². The molecular weight excluding hydrogens is 258 g/mol. The van der Waals surface area contributed by atoms with Crippen molar-refractivity contribution in [3.63, 3.8) is 0 Å². The molecule has 2 aromatic heterocycles. The highest BCUT2D eigenvalue weighted by Gasteiger charge is 2.09. The second-order valence-corrected chi connectivity index (χ2v) is 4.67. The Hall–Kier alpha value is -2.08. The number of aryl methyl sites for hydroxylation is 1.